The number of aryl methyl sites for hydroxylation is 1. The Hall–Kier alpha value is -3.44. The van der Waals surface area contributed by atoms with E-state index in [9.17, 15) is 14.4 Å². The van der Waals surface area contributed by atoms with Crippen LogP contribution in [0.25, 0.3) is 5.69 Å². The Labute approximate surface area is 216 Å². The quantitative estimate of drug-likeness (QED) is 0.479. The SMILES string of the molecule is COC(=O)NC1CC[C@H](NC2CCc3cc(-n4ccc(NC(=O)N5CCNCC5)nc4=O)ccc3C2)C1. The van der Waals surface area contributed by atoms with Crippen molar-refractivity contribution in [3.8, 4) is 5.69 Å². The Morgan fingerprint density at radius 2 is 1.86 bits per heavy atom. The molecule has 0 radical (unpaired) electrons. The number of benzene rings is 1. The van der Waals surface area contributed by atoms with E-state index in [2.05, 4.69) is 38.4 Å². The Kier molecular flexibility index (Phi) is 7.71. The number of nitrogens with zero attached hydrogens (tertiary/aromatic N) is 3. The second-order valence-electron chi connectivity index (χ2n) is 10.0. The number of carbonyl (C=O) groups is 2. The van der Waals surface area contributed by atoms with Gasteiger partial charge >= 0.3 is 17.8 Å². The van der Waals surface area contributed by atoms with Crippen molar-refractivity contribution >= 4 is 17.9 Å². The summed E-state index contributed by atoms with van der Waals surface area (Å²) in [5.74, 6) is 0.257. The number of amides is 3. The maximum absolute atomic E-state index is 12.8. The van der Waals surface area contributed by atoms with Gasteiger partial charge in [0.05, 0.1) is 12.8 Å². The molecule has 2 unspecified atom stereocenters. The normalized spacial score (nSPS) is 23.3. The van der Waals surface area contributed by atoms with Gasteiger partial charge in [0.1, 0.15) is 5.82 Å². The first kappa shape index (κ1) is 25.2. The fraction of sp³-hybridized carbons (Fsp3) is 0.538. The maximum Gasteiger partial charge on any atom is 0.407 e. The second kappa shape index (κ2) is 11.3. The Bertz CT molecular complexity index is 1190. The molecule has 1 aromatic heterocycles. The van der Waals surface area contributed by atoms with Crippen LogP contribution < -0.4 is 27.0 Å². The van der Waals surface area contributed by atoms with Gasteiger partial charge in [-0.1, -0.05) is 6.07 Å². The first-order chi connectivity index (χ1) is 18.0. The molecule has 3 atom stereocenters. The topological polar surface area (TPSA) is 130 Å². The summed E-state index contributed by atoms with van der Waals surface area (Å²) < 4.78 is 6.23. The van der Waals surface area contributed by atoms with E-state index in [-0.39, 0.29) is 24.0 Å². The molecule has 2 aliphatic carbocycles. The van der Waals surface area contributed by atoms with E-state index in [0.717, 1.165) is 57.3 Å². The highest BCUT2D eigenvalue weighted by Crippen LogP contribution is 2.26. The first-order valence-corrected chi connectivity index (χ1v) is 13.1. The van der Waals surface area contributed by atoms with Crippen LogP contribution in [0.3, 0.4) is 0 Å². The molecule has 0 bridgehead atoms. The van der Waals surface area contributed by atoms with Crippen molar-refractivity contribution < 1.29 is 14.3 Å². The lowest BCUT2D eigenvalue weighted by molar-refractivity contribution is 0.166. The first-order valence-electron chi connectivity index (χ1n) is 13.1. The number of nitrogens with one attached hydrogen (secondary N) is 4. The van der Waals surface area contributed by atoms with E-state index >= 15 is 0 Å². The summed E-state index contributed by atoms with van der Waals surface area (Å²) in [6, 6.07) is 8.49. The number of aromatic nitrogens is 2. The summed E-state index contributed by atoms with van der Waals surface area (Å²) in [7, 11) is 1.39. The van der Waals surface area contributed by atoms with Crippen molar-refractivity contribution in [2.24, 2.45) is 0 Å². The van der Waals surface area contributed by atoms with Gasteiger partial charge in [0.2, 0.25) is 0 Å². The van der Waals surface area contributed by atoms with Crippen molar-refractivity contribution in [2.45, 2.75) is 56.7 Å². The van der Waals surface area contributed by atoms with E-state index in [0.29, 0.717) is 25.2 Å². The third-order valence-corrected chi connectivity index (χ3v) is 7.55. The molecule has 1 saturated heterocycles. The predicted octanol–water partition coefficient (Wildman–Crippen LogP) is 1.39. The zero-order valence-corrected chi connectivity index (χ0v) is 21.2. The fourth-order valence-electron chi connectivity index (χ4n) is 5.58. The Morgan fingerprint density at radius 1 is 1.05 bits per heavy atom. The molecule has 1 aromatic carbocycles. The lowest BCUT2D eigenvalue weighted by atomic mass is 9.87. The average molecular weight is 510 g/mol. The van der Waals surface area contributed by atoms with Crippen molar-refractivity contribution in [2.75, 3.05) is 38.6 Å². The third kappa shape index (κ3) is 6.11. The minimum Gasteiger partial charge on any atom is -0.453 e. The van der Waals surface area contributed by atoms with Crippen LogP contribution in [0.5, 0.6) is 0 Å². The molecule has 2 aromatic rings. The van der Waals surface area contributed by atoms with Crippen LogP contribution in [-0.2, 0) is 17.6 Å². The van der Waals surface area contributed by atoms with Crippen LogP contribution in [0, 0.1) is 0 Å². The molecular formula is C26H35N7O4. The number of ether oxygens (including phenoxy) is 1. The molecule has 1 saturated carbocycles. The van der Waals surface area contributed by atoms with Crippen LogP contribution in [0.4, 0.5) is 15.4 Å². The predicted molar refractivity (Wildman–Crippen MR) is 139 cm³/mol. The number of methoxy groups -OCH3 is 1. The summed E-state index contributed by atoms with van der Waals surface area (Å²) in [5.41, 5.74) is 2.88. The molecule has 5 rings (SSSR count). The summed E-state index contributed by atoms with van der Waals surface area (Å²) in [6.45, 7) is 2.77. The van der Waals surface area contributed by atoms with Crippen molar-refractivity contribution in [3.05, 3.63) is 52.1 Å². The highest BCUT2D eigenvalue weighted by atomic mass is 16.5. The molecule has 198 valence electrons. The number of rotatable bonds is 5. The van der Waals surface area contributed by atoms with Gasteiger partial charge < -0.3 is 25.6 Å². The molecular weight excluding hydrogens is 474 g/mol. The number of hydrogen-bond acceptors (Lipinski definition) is 7. The van der Waals surface area contributed by atoms with E-state index < -0.39 is 5.69 Å². The summed E-state index contributed by atoms with van der Waals surface area (Å²) in [4.78, 5) is 42.4. The van der Waals surface area contributed by atoms with E-state index in [1.165, 1.54) is 22.8 Å². The van der Waals surface area contributed by atoms with Gasteiger partial charge in [-0.05, 0) is 67.9 Å². The zero-order valence-electron chi connectivity index (χ0n) is 21.2. The van der Waals surface area contributed by atoms with E-state index in [1.54, 1.807) is 17.2 Å². The van der Waals surface area contributed by atoms with Crippen LogP contribution in [0.2, 0.25) is 0 Å². The molecule has 4 N–H and O–H groups in total. The van der Waals surface area contributed by atoms with Crippen LogP contribution >= 0.6 is 0 Å². The zero-order chi connectivity index (χ0) is 25.8. The molecule has 3 amide bonds. The van der Waals surface area contributed by atoms with E-state index in [4.69, 9.17) is 4.74 Å². The number of carbonyl (C=O) groups excluding carboxylic acids is 2. The van der Waals surface area contributed by atoms with Gasteiger partial charge in [-0.15, -0.1) is 0 Å². The minimum absolute atomic E-state index is 0.164. The van der Waals surface area contributed by atoms with Gasteiger partial charge in [0.15, 0.2) is 0 Å². The largest absolute Gasteiger partial charge is 0.453 e. The van der Waals surface area contributed by atoms with Gasteiger partial charge in [0, 0.05) is 50.5 Å². The molecule has 37 heavy (non-hydrogen) atoms. The van der Waals surface area contributed by atoms with Gasteiger partial charge in [-0.2, -0.15) is 4.98 Å². The van der Waals surface area contributed by atoms with Crippen LogP contribution in [0.1, 0.15) is 36.8 Å². The molecule has 0 spiro atoms. The van der Waals surface area contributed by atoms with Crippen molar-refractivity contribution in [1.82, 2.24) is 30.4 Å². The molecule has 3 aliphatic rings. The standard InChI is InChI=1S/C26H35N7O4/c1-37-26(36)29-21-6-5-20(16-21)28-19-4-2-18-15-22(7-3-17(18)14-19)33-11-8-23(31-25(33)35)30-24(34)32-12-9-27-10-13-32/h3,7-8,11,15,19-21,27-28H,2,4-6,9-10,12-14,16H2,1H3,(H,29,36)(H,30,31,34,35)/t19?,20-,21?/m0/s1. The summed E-state index contributed by atoms with van der Waals surface area (Å²) >= 11 is 0. The highest BCUT2D eigenvalue weighted by molar-refractivity contribution is 5.88. The number of anilines is 1. The lowest BCUT2D eigenvalue weighted by Crippen LogP contribution is -2.48. The number of hydrogen-bond donors (Lipinski definition) is 4. The van der Waals surface area contributed by atoms with Gasteiger partial charge in [-0.3, -0.25) is 9.88 Å². The number of fused-ring (bicyclic) bond motifs is 1. The second-order valence-corrected chi connectivity index (χ2v) is 10.0. The molecule has 2 fully saturated rings. The summed E-state index contributed by atoms with van der Waals surface area (Å²) in [5, 5.41) is 12.6. The highest BCUT2D eigenvalue weighted by Gasteiger charge is 2.29. The molecule has 2 heterocycles. The van der Waals surface area contributed by atoms with Gasteiger partial charge in [0.25, 0.3) is 0 Å². The monoisotopic (exact) mass is 509 g/mol. The van der Waals surface area contributed by atoms with Crippen LogP contribution in [0.15, 0.2) is 35.3 Å². The van der Waals surface area contributed by atoms with Gasteiger partial charge in [-0.25, -0.2) is 14.4 Å². The third-order valence-electron chi connectivity index (χ3n) is 7.55. The van der Waals surface area contributed by atoms with Crippen molar-refractivity contribution in [1.29, 1.82) is 0 Å². The summed E-state index contributed by atoms with van der Waals surface area (Å²) in [6.07, 6.45) is 7.10. The Balaban J connectivity index is 1.18. The average Bonchev–Trinajstić information content (AvgIpc) is 3.35. The Morgan fingerprint density at radius 3 is 2.65 bits per heavy atom. The number of urea groups is 1. The minimum atomic E-state index is -0.426. The fourth-order valence-corrected chi connectivity index (χ4v) is 5.58. The molecule has 11 nitrogen and oxygen atoms in total. The maximum atomic E-state index is 12.8. The molecule has 11 heteroatoms. The van der Waals surface area contributed by atoms with Crippen LogP contribution in [-0.4, -0.2) is 78.0 Å². The number of piperazine rings is 1. The molecule has 1 aliphatic heterocycles. The lowest BCUT2D eigenvalue weighted by Gasteiger charge is -2.29. The number of alkyl carbamates (subject to hydrolysis) is 1. The van der Waals surface area contributed by atoms with E-state index in [1.807, 2.05) is 6.07 Å². The smallest absolute Gasteiger partial charge is 0.407 e. The van der Waals surface area contributed by atoms with Crippen molar-refractivity contribution in [3.63, 3.8) is 0 Å².